The lowest BCUT2D eigenvalue weighted by molar-refractivity contribution is 0.111. The van der Waals surface area contributed by atoms with E-state index >= 15 is 0 Å². The summed E-state index contributed by atoms with van der Waals surface area (Å²) in [6.07, 6.45) is 8.34. The van der Waals surface area contributed by atoms with Crippen molar-refractivity contribution in [2.24, 2.45) is 5.92 Å². The van der Waals surface area contributed by atoms with Crippen molar-refractivity contribution in [3.05, 3.63) is 0 Å². The molecule has 2 aliphatic heterocycles. The maximum atomic E-state index is 11.4. The highest BCUT2D eigenvalue weighted by molar-refractivity contribution is 7.90. The van der Waals surface area contributed by atoms with E-state index in [0.29, 0.717) is 17.7 Å². The summed E-state index contributed by atoms with van der Waals surface area (Å²) < 4.78 is 22.9. The predicted octanol–water partition coefficient (Wildman–Crippen LogP) is 1.66. The maximum Gasteiger partial charge on any atom is 0.147 e. The van der Waals surface area contributed by atoms with E-state index in [1.807, 2.05) is 0 Å². The highest BCUT2D eigenvalue weighted by atomic mass is 32.2. The summed E-state index contributed by atoms with van der Waals surface area (Å²) in [6, 6.07) is 1.83. The van der Waals surface area contributed by atoms with Gasteiger partial charge < -0.3 is 10.2 Å². The molecule has 0 aromatic heterocycles. The lowest BCUT2D eigenvalue weighted by Gasteiger charge is -2.40. The van der Waals surface area contributed by atoms with Crippen LogP contribution < -0.4 is 5.32 Å². The van der Waals surface area contributed by atoms with E-state index in [4.69, 9.17) is 0 Å². The Labute approximate surface area is 124 Å². The molecule has 5 heteroatoms. The van der Waals surface area contributed by atoms with Gasteiger partial charge in [0.15, 0.2) is 0 Å². The minimum Gasteiger partial charge on any atom is -0.314 e. The lowest BCUT2D eigenvalue weighted by atomic mass is 9.84. The average Bonchev–Trinajstić information content (AvgIpc) is 2.61. The molecule has 2 saturated heterocycles. The summed E-state index contributed by atoms with van der Waals surface area (Å²) in [5.41, 5.74) is 0. The van der Waals surface area contributed by atoms with Crippen molar-refractivity contribution in [1.82, 2.24) is 10.2 Å². The number of hydrogen-bond donors (Lipinski definition) is 1. The Morgan fingerprint density at radius 3 is 2.35 bits per heavy atom. The van der Waals surface area contributed by atoms with Crippen molar-refractivity contribution in [2.75, 3.05) is 25.6 Å². The van der Waals surface area contributed by atoms with Crippen molar-refractivity contribution < 1.29 is 8.42 Å². The Morgan fingerprint density at radius 2 is 1.85 bits per heavy atom. The fourth-order valence-corrected chi connectivity index (χ4v) is 4.64. The molecular weight excluding hydrogens is 272 g/mol. The van der Waals surface area contributed by atoms with E-state index in [1.54, 1.807) is 0 Å². The van der Waals surface area contributed by atoms with Gasteiger partial charge in [0.05, 0.1) is 5.75 Å². The molecular formula is C15H30N2O2S. The summed E-state index contributed by atoms with van der Waals surface area (Å²) >= 11 is 0. The Kier molecular flexibility index (Phi) is 5.49. The molecule has 0 aromatic carbocycles. The second kappa shape index (κ2) is 6.75. The number of nitrogens with one attached hydrogen (secondary N) is 1. The van der Waals surface area contributed by atoms with Crippen LogP contribution in [0.5, 0.6) is 0 Å². The highest BCUT2D eigenvalue weighted by Crippen LogP contribution is 2.39. The number of rotatable bonds is 7. The smallest absolute Gasteiger partial charge is 0.147 e. The first-order valence-electron chi connectivity index (χ1n) is 8.03. The molecule has 2 aliphatic rings. The van der Waals surface area contributed by atoms with E-state index < -0.39 is 9.84 Å². The molecule has 3 unspecified atom stereocenters. The fourth-order valence-electron chi connectivity index (χ4n) is 3.96. The fraction of sp³-hybridized carbons (Fsp3) is 1.00. The molecule has 2 fully saturated rings. The van der Waals surface area contributed by atoms with Gasteiger partial charge in [-0.15, -0.1) is 0 Å². The summed E-state index contributed by atoms with van der Waals surface area (Å²) in [5.74, 6) is 0.966. The Morgan fingerprint density at radius 1 is 1.25 bits per heavy atom. The normalized spacial score (nSPS) is 32.5. The number of sulfone groups is 1. The van der Waals surface area contributed by atoms with E-state index in [0.717, 1.165) is 31.5 Å². The Balaban J connectivity index is 1.96. The second-order valence-corrected chi connectivity index (χ2v) is 9.02. The summed E-state index contributed by atoms with van der Waals surface area (Å²) in [5, 5.41) is 3.61. The summed E-state index contributed by atoms with van der Waals surface area (Å²) in [7, 11) is -0.602. The van der Waals surface area contributed by atoms with E-state index in [9.17, 15) is 8.42 Å². The van der Waals surface area contributed by atoms with Crippen LogP contribution in [-0.2, 0) is 9.84 Å². The largest absolute Gasteiger partial charge is 0.314 e. The third kappa shape index (κ3) is 4.18. The van der Waals surface area contributed by atoms with Gasteiger partial charge in [-0.2, -0.15) is 0 Å². The van der Waals surface area contributed by atoms with Crippen LogP contribution in [-0.4, -0.2) is 57.0 Å². The Hall–Kier alpha value is -0.130. The van der Waals surface area contributed by atoms with Gasteiger partial charge in [0.1, 0.15) is 9.84 Å². The Bertz CT molecular complexity index is 396. The van der Waals surface area contributed by atoms with Gasteiger partial charge >= 0.3 is 0 Å². The SMILES string of the molecule is CCCNC(CCS(C)(=O)=O)C1CC2CCC(C1)N2C. The molecule has 2 rings (SSSR count). The van der Waals surface area contributed by atoms with Crippen molar-refractivity contribution in [3.8, 4) is 0 Å². The van der Waals surface area contributed by atoms with Crippen LogP contribution in [0.3, 0.4) is 0 Å². The van der Waals surface area contributed by atoms with Crippen LogP contribution >= 0.6 is 0 Å². The third-order valence-electron chi connectivity index (χ3n) is 5.16. The first-order chi connectivity index (χ1) is 9.40. The molecule has 0 spiro atoms. The van der Waals surface area contributed by atoms with E-state index in [1.165, 1.54) is 31.9 Å². The van der Waals surface area contributed by atoms with Gasteiger partial charge in [0.2, 0.25) is 0 Å². The van der Waals surface area contributed by atoms with Gasteiger partial charge in [-0.3, -0.25) is 0 Å². The van der Waals surface area contributed by atoms with Crippen LogP contribution in [0.25, 0.3) is 0 Å². The molecule has 0 radical (unpaired) electrons. The van der Waals surface area contributed by atoms with E-state index in [-0.39, 0.29) is 0 Å². The van der Waals surface area contributed by atoms with Gasteiger partial charge in [0.25, 0.3) is 0 Å². The lowest BCUT2D eigenvalue weighted by Crippen LogP contribution is -2.47. The van der Waals surface area contributed by atoms with Gasteiger partial charge in [-0.25, -0.2) is 8.42 Å². The van der Waals surface area contributed by atoms with E-state index in [2.05, 4.69) is 24.2 Å². The maximum absolute atomic E-state index is 11.4. The van der Waals surface area contributed by atoms with Crippen LogP contribution in [0, 0.1) is 5.92 Å². The third-order valence-corrected chi connectivity index (χ3v) is 6.14. The van der Waals surface area contributed by atoms with Crippen molar-refractivity contribution >= 4 is 9.84 Å². The molecule has 1 N–H and O–H groups in total. The number of nitrogens with zero attached hydrogens (tertiary/aromatic N) is 1. The highest BCUT2D eigenvalue weighted by Gasteiger charge is 2.40. The number of fused-ring (bicyclic) bond motifs is 2. The van der Waals surface area contributed by atoms with Crippen LogP contribution in [0.4, 0.5) is 0 Å². The van der Waals surface area contributed by atoms with Crippen LogP contribution in [0.1, 0.15) is 45.4 Å². The molecule has 0 aromatic rings. The minimum absolute atomic E-state index is 0.316. The topological polar surface area (TPSA) is 49.4 Å². The van der Waals surface area contributed by atoms with Crippen molar-refractivity contribution in [2.45, 2.75) is 63.6 Å². The zero-order valence-corrected chi connectivity index (χ0v) is 14.0. The number of piperidine rings is 1. The predicted molar refractivity (Wildman–Crippen MR) is 83.7 cm³/mol. The van der Waals surface area contributed by atoms with Crippen LogP contribution in [0.15, 0.2) is 0 Å². The molecule has 0 aliphatic carbocycles. The molecule has 3 atom stereocenters. The monoisotopic (exact) mass is 302 g/mol. The summed E-state index contributed by atoms with van der Waals surface area (Å²) in [6.45, 7) is 3.16. The first kappa shape index (κ1) is 16.2. The quantitative estimate of drug-likeness (QED) is 0.777. The standard InChI is InChI=1S/C15H30N2O2S/c1-4-8-16-15(7-9-20(3,18)19)12-10-13-5-6-14(11-12)17(13)2/h12-16H,4-11H2,1-3H3. The van der Waals surface area contributed by atoms with Crippen molar-refractivity contribution in [1.29, 1.82) is 0 Å². The van der Waals surface area contributed by atoms with Crippen LogP contribution in [0.2, 0.25) is 0 Å². The molecule has 20 heavy (non-hydrogen) atoms. The van der Waals surface area contributed by atoms with Gasteiger partial charge in [-0.05, 0) is 58.0 Å². The minimum atomic E-state index is -2.86. The molecule has 118 valence electrons. The van der Waals surface area contributed by atoms with Gasteiger partial charge in [0, 0.05) is 24.4 Å². The number of hydrogen-bond acceptors (Lipinski definition) is 4. The van der Waals surface area contributed by atoms with Crippen molar-refractivity contribution in [3.63, 3.8) is 0 Å². The first-order valence-corrected chi connectivity index (χ1v) is 10.1. The second-order valence-electron chi connectivity index (χ2n) is 6.76. The zero-order valence-electron chi connectivity index (χ0n) is 13.1. The molecule has 0 saturated carbocycles. The summed E-state index contributed by atoms with van der Waals surface area (Å²) in [4.78, 5) is 2.55. The molecule has 2 bridgehead atoms. The molecule has 0 amide bonds. The van der Waals surface area contributed by atoms with Gasteiger partial charge in [-0.1, -0.05) is 6.92 Å². The average molecular weight is 302 g/mol. The zero-order chi connectivity index (χ0) is 14.8. The molecule has 4 nitrogen and oxygen atoms in total. The molecule has 2 heterocycles.